The molecule has 0 aliphatic heterocycles. The third-order valence-corrected chi connectivity index (χ3v) is 2.41. The van der Waals surface area contributed by atoms with E-state index in [0.29, 0.717) is 0 Å². The summed E-state index contributed by atoms with van der Waals surface area (Å²) in [5.41, 5.74) is 1.70. The largest absolute Gasteiger partial charge is 0.481 e. The second kappa shape index (κ2) is 4.18. The van der Waals surface area contributed by atoms with Crippen LogP contribution in [0.4, 0.5) is 0 Å². The maximum Gasteiger partial charge on any atom is 0.305 e. The second-order valence-corrected chi connectivity index (χ2v) is 3.26. The predicted octanol–water partition coefficient (Wildman–Crippen LogP) is 0.878. The molecule has 1 unspecified atom stereocenters. The van der Waals surface area contributed by atoms with E-state index >= 15 is 0 Å². The molecular weight excluding hydrogens is 176 g/mol. The lowest BCUT2D eigenvalue weighted by Gasteiger charge is -2.09. The maximum absolute atomic E-state index is 10.4. The molecule has 1 heterocycles. The van der Waals surface area contributed by atoms with Crippen molar-refractivity contribution >= 4 is 17.3 Å². The fourth-order valence-corrected chi connectivity index (χ4v) is 1.65. The van der Waals surface area contributed by atoms with Gasteiger partial charge in [-0.15, -0.1) is 11.3 Å². The Morgan fingerprint density at radius 3 is 3.08 bits per heavy atom. The van der Waals surface area contributed by atoms with Crippen LogP contribution in [0.5, 0.6) is 0 Å². The normalized spacial score (nSPS) is 12.8. The zero-order valence-corrected chi connectivity index (χ0v) is 7.47. The summed E-state index contributed by atoms with van der Waals surface area (Å²) in [6.45, 7) is 0. The number of rotatable bonds is 4. The Hall–Kier alpha value is -0.940. The molecule has 0 saturated carbocycles. The quantitative estimate of drug-likeness (QED) is 0.732. The molecule has 66 valence electrons. The highest BCUT2D eigenvalue weighted by Crippen LogP contribution is 2.19. The molecule has 0 amide bonds. The van der Waals surface area contributed by atoms with Crippen molar-refractivity contribution < 1.29 is 9.90 Å². The van der Waals surface area contributed by atoms with Crippen LogP contribution in [-0.4, -0.2) is 23.1 Å². The zero-order chi connectivity index (χ0) is 8.97. The van der Waals surface area contributed by atoms with E-state index in [9.17, 15) is 4.79 Å². The molecule has 0 aromatic carbocycles. The summed E-state index contributed by atoms with van der Waals surface area (Å²) in [6, 6.07) is -0.116. The molecular formula is C7H10N2O2S. The summed E-state index contributed by atoms with van der Waals surface area (Å²) in [7, 11) is 1.74. The van der Waals surface area contributed by atoms with Crippen molar-refractivity contribution in [3.8, 4) is 0 Å². The van der Waals surface area contributed by atoms with Crippen molar-refractivity contribution in [2.24, 2.45) is 0 Å². The number of hydrogen-bond acceptors (Lipinski definition) is 4. The molecule has 0 radical (unpaired) electrons. The van der Waals surface area contributed by atoms with Gasteiger partial charge in [-0.2, -0.15) is 0 Å². The van der Waals surface area contributed by atoms with Crippen LogP contribution in [0.25, 0.3) is 0 Å². The van der Waals surface area contributed by atoms with Crippen LogP contribution >= 0.6 is 11.3 Å². The zero-order valence-electron chi connectivity index (χ0n) is 6.65. The van der Waals surface area contributed by atoms with E-state index in [4.69, 9.17) is 5.11 Å². The number of carbonyl (C=O) groups is 1. The standard InChI is InChI=1S/C7H10N2O2S/c1-8-5(2-7(10)11)6-3-9-4-12-6/h3-5,8H,2H2,1H3,(H,10,11). The molecule has 5 heteroatoms. The number of carboxylic acid groups (broad SMARTS) is 1. The van der Waals surface area contributed by atoms with E-state index in [2.05, 4.69) is 10.3 Å². The Morgan fingerprint density at radius 2 is 2.67 bits per heavy atom. The molecule has 0 aliphatic carbocycles. The van der Waals surface area contributed by atoms with E-state index in [1.165, 1.54) is 11.3 Å². The van der Waals surface area contributed by atoms with Crippen LogP contribution in [-0.2, 0) is 4.79 Å². The number of nitrogens with one attached hydrogen (secondary N) is 1. The van der Waals surface area contributed by atoms with Gasteiger partial charge in [0.05, 0.1) is 18.0 Å². The van der Waals surface area contributed by atoms with Gasteiger partial charge >= 0.3 is 5.97 Å². The van der Waals surface area contributed by atoms with E-state index in [1.807, 2.05) is 0 Å². The molecule has 0 spiro atoms. The van der Waals surface area contributed by atoms with Crippen molar-refractivity contribution in [2.75, 3.05) is 7.05 Å². The number of thiazole rings is 1. The summed E-state index contributed by atoms with van der Waals surface area (Å²) in [4.78, 5) is 15.3. The third-order valence-electron chi connectivity index (χ3n) is 1.52. The second-order valence-electron chi connectivity index (χ2n) is 2.34. The lowest BCUT2D eigenvalue weighted by molar-refractivity contribution is -0.137. The molecule has 12 heavy (non-hydrogen) atoms. The minimum atomic E-state index is -0.803. The number of hydrogen-bond donors (Lipinski definition) is 2. The Kier molecular flexibility index (Phi) is 3.19. The van der Waals surface area contributed by atoms with E-state index in [0.717, 1.165) is 4.88 Å². The first-order chi connectivity index (χ1) is 5.74. The third kappa shape index (κ3) is 2.28. The highest BCUT2D eigenvalue weighted by Gasteiger charge is 2.14. The van der Waals surface area contributed by atoms with Gasteiger partial charge in [-0.05, 0) is 7.05 Å². The Labute approximate surface area is 74.3 Å². The monoisotopic (exact) mass is 186 g/mol. The number of aliphatic carboxylic acids is 1. The number of aromatic nitrogens is 1. The summed E-state index contributed by atoms with van der Waals surface area (Å²) in [6.07, 6.45) is 1.79. The molecule has 4 nitrogen and oxygen atoms in total. The Bertz CT molecular complexity index is 248. The number of carboxylic acids is 1. The average molecular weight is 186 g/mol. The minimum absolute atomic E-state index is 0.0959. The SMILES string of the molecule is CNC(CC(=O)O)c1cncs1. The van der Waals surface area contributed by atoms with Gasteiger partial charge in [-0.3, -0.25) is 9.78 Å². The lowest BCUT2D eigenvalue weighted by atomic mass is 10.2. The fourth-order valence-electron chi connectivity index (χ4n) is 0.917. The smallest absolute Gasteiger partial charge is 0.305 e. The van der Waals surface area contributed by atoms with Crippen molar-refractivity contribution in [1.29, 1.82) is 0 Å². The maximum atomic E-state index is 10.4. The molecule has 1 atom stereocenters. The topological polar surface area (TPSA) is 62.2 Å². The van der Waals surface area contributed by atoms with Crippen LogP contribution in [0.3, 0.4) is 0 Å². The summed E-state index contributed by atoms with van der Waals surface area (Å²) in [5.74, 6) is -0.803. The fraction of sp³-hybridized carbons (Fsp3) is 0.429. The first-order valence-corrected chi connectivity index (χ1v) is 4.39. The van der Waals surface area contributed by atoms with Gasteiger partial charge in [0.1, 0.15) is 0 Å². The van der Waals surface area contributed by atoms with Crippen molar-refractivity contribution in [3.05, 3.63) is 16.6 Å². The lowest BCUT2D eigenvalue weighted by Crippen LogP contribution is -2.18. The molecule has 1 aromatic heterocycles. The van der Waals surface area contributed by atoms with Crippen LogP contribution in [0.15, 0.2) is 11.7 Å². The predicted molar refractivity (Wildman–Crippen MR) is 46.2 cm³/mol. The molecule has 0 bridgehead atoms. The molecule has 0 aliphatic rings. The number of nitrogens with zero attached hydrogens (tertiary/aromatic N) is 1. The van der Waals surface area contributed by atoms with Crippen molar-refractivity contribution in [3.63, 3.8) is 0 Å². The van der Waals surface area contributed by atoms with Gasteiger partial charge in [-0.25, -0.2) is 0 Å². The molecule has 0 fully saturated rings. The summed E-state index contributed by atoms with van der Waals surface area (Å²) in [5, 5.41) is 11.5. The molecule has 1 aromatic rings. The first kappa shape index (κ1) is 9.15. The average Bonchev–Trinajstić information content (AvgIpc) is 2.51. The van der Waals surface area contributed by atoms with Gasteiger partial charge in [0, 0.05) is 11.1 Å². The molecule has 1 rings (SSSR count). The van der Waals surface area contributed by atoms with Crippen LogP contribution in [0, 0.1) is 0 Å². The van der Waals surface area contributed by atoms with Crippen molar-refractivity contribution in [2.45, 2.75) is 12.5 Å². The Balaban J connectivity index is 2.63. The van der Waals surface area contributed by atoms with E-state index in [1.54, 1.807) is 18.8 Å². The van der Waals surface area contributed by atoms with Gasteiger partial charge < -0.3 is 10.4 Å². The van der Waals surface area contributed by atoms with Gasteiger partial charge in [0.2, 0.25) is 0 Å². The highest BCUT2D eigenvalue weighted by atomic mass is 32.1. The Morgan fingerprint density at radius 1 is 1.92 bits per heavy atom. The summed E-state index contributed by atoms with van der Waals surface area (Å²) >= 11 is 1.46. The molecule has 0 saturated heterocycles. The van der Waals surface area contributed by atoms with Gasteiger partial charge in [0.25, 0.3) is 0 Å². The van der Waals surface area contributed by atoms with Gasteiger partial charge in [0.15, 0.2) is 0 Å². The molecule has 2 N–H and O–H groups in total. The van der Waals surface area contributed by atoms with Crippen molar-refractivity contribution in [1.82, 2.24) is 10.3 Å². The summed E-state index contributed by atoms with van der Waals surface area (Å²) < 4.78 is 0. The van der Waals surface area contributed by atoms with Crippen LogP contribution in [0.2, 0.25) is 0 Å². The van der Waals surface area contributed by atoms with Crippen LogP contribution < -0.4 is 5.32 Å². The minimum Gasteiger partial charge on any atom is -0.481 e. The van der Waals surface area contributed by atoms with E-state index in [-0.39, 0.29) is 12.5 Å². The van der Waals surface area contributed by atoms with Crippen LogP contribution in [0.1, 0.15) is 17.3 Å². The van der Waals surface area contributed by atoms with E-state index < -0.39 is 5.97 Å². The van der Waals surface area contributed by atoms with Gasteiger partial charge in [-0.1, -0.05) is 0 Å². The highest BCUT2D eigenvalue weighted by molar-refractivity contribution is 7.09. The first-order valence-electron chi connectivity index (χ1n) is 3.51.